The van der Waals surface area contributed by atoms with Gasteiger partial charge in [0.05, 0.1) is 13.2 Å². The highest BCUT2D eigenvalue weighted by molar-refractivity contribution is 6.76. The Kier molecular flexibility index (Phi) is 6.95. The van der Waals surface area contributed by atoms with Crippen LogP contribution in [0, 0.1) is 0 Å². The van der Waals surface area contributed by atoms with Crippen LogP contribution in [0.4, 0.5) is 0 Å². The van der Waals surface area contributed by atoms with Crippen molar-refractivity contribution in [3.8, 4) is 0 Å². The number of hydrogen-bond donors (Lipinski definition) is 1. The van der Waals surface area contributed by atoms with E-state index in [0.29, 0.717) is 12.3 Å². The zero-order valence-corrected chi connectivity index (χ0v) is 16.3. The highest BCUT2D eigenvalue weighted by atomic mass is 28.3. The largest absolute Gasteiger partial charge is 0.476 e. The number of nitrogens with zero attached hydrogens (tertiary/aromatic N) is 2. The van der Waals surface area contributed by atoms with Crippen molar-refractivity contribution in [1.82, 2.24) is 0 Å². The predicted octanol–water partition coefficient (Wildman–Crippen LogP) is 2.39. The van der Waals surface area contributed by atoms with Gasteiger partial charge in [-0.3, -0.25) is 4.79 Å². The summed E-state index contributed by atoms with van der Waals surface area (Å²) in [6, 6.07) is 10.3. The van der Waals surface area contributed by atoms with E-state index in [4.69, 9.17) is 14.6 Å². The molecule has 0 saturated carbocycles. The maximum absolute atomic E-state index is 12.4. The van der Waals surface area contributed by atoms with Crippen LogP contribution < -0.4 is 0 Å². The van der Waals surface area contributed by atoms with Gasteiger partial charge in [-0.25, -0.2) is 4.79 Å². The van der Waals surface area contributed by atoms with Gasteiger partial charge in [-0.15, -0.1) is 5.10 Å². The summed E-state index contributed by atoms with van der Waals surface area (Å²) in [4.78, 5) is 23.6. The van der Waals surface area contributed by atoms with Crippen molar-refractivity contribution in [2.45, 2.75) is 38.4 Å². The third-order valence-corrected chi connectivity index (χ3v) is 5.47. The van der Waals surface area contributed by atoms with Crippen molar-refractivity contribution in [3.63, 3.8) is 0 Å². The van der Waals surface area contributed by atoms with Gasteiger partial charge >= 0.3 is 5.97 Å². The zero-order valence-electron chi connectivity index (χ0n) is 15.3. The van der Waals surface area contributed by atoms with Crippen LogP contribution in [-0.4, -0.2) is 55.7 Å². The molecule has 2 rings (SSSR count). The fraction of sp³-hybridized carbons (Fsp3) is 0.444. The van der Waals surface area contributed by atoms with Crippen molar-refractivity contribution >= 4 is 31.2 Å². The fourth-order valence-electron chi connectivity index (χ4n) is 2.22. The molecule has 7 nitrogen and oxygen atoms in total. The van der Waals surface area contributed by atoms with Gasteiger partial charge in [0.25, 0.3) is 0 Å². The number of aliphatic carboxylic acids is 1. The normalized spacial score (nSPS) is 17.7. The first-order chi connectivity index (χ1) is 12.3. The maximum atomic E-state index is 12.4. The number of carbonyl (C=O) groups is 2. The monoisotopic (exact) mass is 376 g/mol. The highest BCUT2D eigenvalue weighted by Crippen LogP contribution is 2.13. The molecule has 1 unspecified atom stereocenters. The van der Waals surface area contributed by atoms with E-state index in [9.17, 15) is 9.59 Å². The van der Waals surface area contributed by atoms with Crippen molar-refractivity contribution in [2.75, 3.05) is 13.2 Å². The molecule has 0 aromatic heterocycles. The average Bonchev–Trinajstić information content (AvgIpc) is 2.57. The SMILES string of the molecule is C[Si](C)(C)CCOCC1=NN=C(C(=O)O)C(=O)C1OCc1ccccc1. The first-order valence-electron chi connectivity index (χ1n) is 8.43. The van der Waals surface area contributed by atoms with Crippen LogP contribution in [0.15, 0.2) is 40.5 Å². The molecule has 1 atom stereocenters. The second kappa shape index (κ2) is 8.97. The molecule has 26 heavy (non-hydrogen) atoms. The van der Waals surface area contributed by atoms with Gasteiger partial charge in [0.15, 0.2) is 6.10 Å². The van der Waals surface area contributed by atoms with Gasteiger partial charge in [0.1, 0.15) is 5.71 Å². The van der Waals surface area contributed by atoms with E-state index >= 15 is 0 Å². The van der Waals surface area contributed by atoms with Crippen LogP contribution in [0.1, 0.15) is 5.56 Å². The molecule has 0 aliphatic carbocycles. The third kappa shape index (κ3) is 5.97. The molecule has 0 bridgehead atoms. The van der Waals surface area contributed by atoms with Crippen molar-refractivity contribution in [1.29, 1.82) is 0 Å². The predicted molar refractivity (Wildman–Crippen MR) is 102 cm³/mol. The second-order valence-corrected chi connectivity index (χ2v) is 12.9. The van der Waals surface area contributed by atoms with E-state index in [1.54, 1.807) is 0 Å². The zero-order chi connectivity index (χ0) is 19.2. The Balaban J connectivity index is 2.04. The second-order valence-electron chi connectivity index (χ2n) is 7.25. The minimum absolute atomic E-state index is 0.0894. The molecule has 1 heterocycles. The number of benzene rings is 1. The molecular weight excluding hydrogens is 352 g/mol. The van der Waals surface area contributed by atoms with Crippen molar-refractivity contribution < 1.29 is 24.2 Å². The van der Waals surface area contributed by atoms with E-state index in [-0.39, 0.29) is 13.2 Å². The summed E-state index contributed by atoms with van der Waals surface area (Å²) in [5.74, 6) is -2.11. The maximum Gasteiger partial charge on any atom is 0.360 e. The molecule has 1 aromatic rings. The molecule has 1 N–H and O–H groups in total. The topological polar surface area (TPSA) is 97.5 Å². The van der Waals surface area contributed by atoms with Gasteiger partial charge < -0.3 is 14.6 Å². The van der Waals surface area contributed by atoms with Crippen LogP contribution in [0.2, 0.25) is 25.7 Å². The summed E-state index contributed by atoms with van der Waals surface area (Å²) < 4.78 is 11.3. The first-order valence-corrected chi connectivity index (χ1v) is 12.1. The number of carboxylic acids is 1. The van der Waals surface area contributed by atoms with Gasteiger partial charge in [0.2, 0.25) is 11.5 Å². The van der Waals surface area contributed by atoms with E-state index in [1.165, 1.54) is 0 Å². The Morgan fingerprint density at radius 1 is 1.15 bits per heavy atom. The lowest BCUT2D eigenvalue weighted by Gasteiger charge is -2.21. The molecule has 0 fully saturated rings. The Bertz CT molecular complexity index is 710. The molecule has 0 spiro atoms. The smallest absolute Gasteiger partial charge is 0.360 e. The van der Waals surface area contributed by atoms with Crippen LogP contribution in [0.3, 0.4) is 0 Å². The van der Waals surface area contributed by atoms with Crippen LogP contribution in [-0.2, 0) is 25.7 Å². The standard InChI is InChI=1S/C18H24N2O5Si/c1-26(2,3)10-9-24-12-14-17(16(21)15(18(22)23)20-19-14)25-11-13-7-5-4-6-8-13/h4-8,17H,9-12H2,1-3H3,(H,22,23). The number of Topliss-reactive ketones (excluding diaryl/α,β-unsaturated/α-hetero) is 1. The van der Waals surface area contributed by atoms with Gasteiger partial charge in [0, 0.05) is 14.7 Å². The lowest BCUT2D eigenvalue weighted by molar-refractivity contribution is -0.131. The summed E-state index contributed by atoms with van der Waals surface area (Å²) in [7, 11) is -1.23. The minimum Gasteiger partial charge on any atom is -0.476 e. The Morgan fingerprint density at radius 2 is 1.85 bits per heavy atom. The molecule has 0 amide bonds. The lowest BCUT2D eigenvalue weighted by atomic mass is 10.0. The Hall–Kier alpha value is -2.16. The van der Waals surface area contributed by atoms with Gasteiger partial charge in [-0.2, -0.15) is 5.10 Å². The molecular formula is C18H24N2O5Si. The summed E-state index contributed by atoms with van der Waals surface area (Å²) in [6.07, 6.45) is -1.09. The lowest BCUT2D eigenvalue weighted by Crippen LogP contribution is -2.44. The molecule has 1 aliphatic heterocycles. The quantitative estimate of drug-likeness (QED) is 0.527. The van der Waals surface area contributed by atoms with Gasteiger partial charge in [-0.05, 0) is 11.6 Å². The van der Waals surface area contributed by atoms with Crippen molar-refractivity contribution in [2.24, 2.45) is 10.2 Å². The Labute approximate surface area is 153 Å². The van der Waals surface area contributed by atoms with E-state index in [0.717, 1.165) is 11.6 Å². The fourth-order valence-corrected chi connectivity index (χ4v) is 2.98. The summed E-state index contributed by atoms with van der Waals surface area (Å²) >= 11 is 0. The van der Waals surface area contributed by atoms with E-state index in [1.807, 2.05) is 30.3 Å². The molecule has 1 aromatic carbocycles. The number of hydrogen-bond acceptors (Lipinski definition) is 6. The third-order valence-electron chi connectivity index (χ3n) is 3.76. The number of ether oxygens (including phenoxy) is 2. The molecule has 0 radical (unpaired) electrons. The van der Waals surface area contributed by atoms with Crippen LogP contribution in [0.25, 0.3) is 0 Å². The molecule has 140 valence electrons. The summed E-state index contributed by atoms with van der Waals surface area (Å²) in [5.41, 5.74) is 0.555. The highest BCUT2D eigenvalue weighted by Gasteiger charge is 2.36. The minimum atomic E-state index is -1.41. The number of ketones is 1. The van der Waals surface area contributed by atoms with E-state index < -0.39 is 31.6 Å². The summed E-state index contributed by atoms with van der Waals surface area (Å²) in [6.45, 7) is 7.54. The molecule has 0 saturated heterocycles. The molecule has 8 heteroatoms. The van der Waals surface area contributed by atoms with Gasteiger partial charge in [-0.1, -0.05) is 50.0 Å². The number of carboxylic acid groups (broad SMARTS) is 1. The van der Waals surface area contributed by atoms with Crippen molar-refractivity contribution in [3.05, 3.63) is 35.9 Å². The molecule has 1 aliphatic rings. The first kappa shape index (κ1) is 20.2. The van der Waals surface area contributed by atoms with Crippen LogP contribution >= 0.6 is 0 Å². The number of rotatable bonds is 9. The average molecular weight is 376 g/mol. The number of carbonyl (C=O) groups excluding carboxylic acids is 1. The Morgan fingerprint density at radius 3 is 2.46 bits per heavy atom. The van der Waals surface area contributed by atoms with E-state index in [2.05, 4.69) is 29.8 Å². The van der Waals surface area contributed by atoms with Crippen LogP contribution in [0.5, 0.6) is 0 Å². The summed E-state index contributed by atoms with van der Waals surface area (Å²) in [5, 5.41) is 16.5.